The third-order valence-electron chi connectivity index (χ3n) is 5.66. The Labute approximate surface area is 192 Å². The maximum atomic E-state index is 13.0. The van der Waals surface area contributed by atoms with Crippen LogP contribution in [0.1, 0.15) is 27.5 Å². The largest absolute Gasteiger partial charge is 0.336 e. The molecule has 1 amide bonds. The van der Waals surface area contributed by atoms with E-state index in [-0.39, 0.29) is 28.7 Å². The van der Waals surface area contributed by atoms with E-state index in [1.807, 2.05) is 12.3 Å². The van der Waals surface area contributed by atoms with Gasteiger partial charge in [-0.15, -0.1) is 11.3 Å². The molecular weight excluding hydrogens is 472 g/mol. The number of aromatic nitrogens is 1. The number of hydrogen-bond donors (Lipinski definition) is 1. The van der Waals surface area contributed by atoms with Crippen LogP contribution in [0.3, 0.4) is 0 Å². The lowest BCUT2D eigenvalue weighted by Gasteiger charge is -2.34. The Bertz CT molecular complexity index is 1200. The Morgan fingerprint density at radius 3 is 2.62 bits per heavy atom. The maximum Gasteiger partial charge on any atom is 0.253 e. The molecule has 1 atom stereocenters. The highest BCUT2D eigenvalue weighted by atomic mass is 32.2. The van der Waals surface area contributed by atoms with Gasteiger partial charge in [-0.1, -0.05) is 6.07 Å². The van der Waals surface area contributed by atoms with Crippen molar-refractivity contribution in [1.29, 1.82) is 0 Å². The molecule has 32 heavy (non-hydrogen) atoms. The molecular formula is C20H26N4O5S3. The van der Waals surface area contributed by atoms with Crippen molar-refractivity contribution in [2.24, 2.45) is 0 Å². The standard InChI is InChI=1S/C20H26N4O5S3/c1-15-21-18(13-30-15)12-23-6-8-24(9-7-23)20(25)16-3-2-4-19(11-16)32(28,29)22-17-5-10-31(26,27)14-17/h2-4,11,13,17,22H,5-10,12,14H2,1H3/t17-/m1/s1. The summed E-state index contributed by atoms with van der Waals surface area (Å²) in [4.78, 5) is 21.4. The van der Waals surface area contributed by atoms with Gasteiger partial charge in [-0.05, 0) is 31.5 Å². The Hall–Kier alpha value is -1.86. The zero-order valence-corrected chi connectivity index (χ0v) is 20.2. The fraction of sp³-hybridized carbons (Fsp3) is 0.500. The quantitative estimate of drug-likeness (QED) is 0.628. The first-order valence-electron chi connectivity index (χ1n) is 10.4. The minimum atomic E-state index is -3.92. The minimum Gasteiger partial charge on any atom is -0.336 e. The van der Waals surface area contributed by atoms with Crippen LogP contribution in [-0.4, -0.2) is 81.3 Å². The summed E-state index contributed by atoms with van der Waals surface area (Å²) in [5.41, 5.74) is 1.34. The van der Waals surface area contributed by atoms with E-state index in [4.69, 9.17) is 0 Å². The number of rotatable bonds is 6. The molecule has 0 spiro atoms. The monoisotopic (exact) mass is 498 g/mol. The van der Waals surface area contributed by atoms with Gasteiger partial charge >= 0.3 is 0 Å². The zero-order valence-electron chi connectivity index (χ0n) is 17.7. The van der Waals surface area contributed by atoms with Crippen LogP contribution in [0.15, 0.2) is 34.5 Å². The van der Waals surface area contributed by atoms with Crippen LogP contribution in [0.25, 0.3) is 0 Å². The molecule has 0 bridgehead atoms. The van der Waals surface area contributed by atoms with E-state index in [2.05, 4.69) is 14.6 Å². The summed E-state index contributed by atoms with van der Waals surface area (Å²) in [5.74, 6) is -0.433. The van der Waals surface area contributed by atoms with Gasteiger partial charge in [0.25, 0.3) is 5.91 Å². The number of nitrogens with one attached hydrogen (secondary N) is 1. The van der Waals surface area contributed by atoms with E-state index >= 15 is 0 Å². The predicted molar refractivity (Wildman–Crippen MR) is 122 cm³/mol. The lowest BCUT2D eigenvalue weighted by atomic mass is 10.2. The first-order valence-corrected chi connectivity index (χ1v) is 14.6. The number of carbonyl (C=O) groups excluding carboxylic acids is 1. The number of carbonyl (C=O) groups is 1. The highest BCUT2D eigenvalue weighted by molar-refractivity contribution is 7.92. The SMILES string of the molecule is Cc1nc(CN2CCN(C(=O)c3cccc(S(=O)(=O)N[C@@H]4CCS(=O)(=O)C4)c3)CC2)cs1. The summed E-state index contributed by atoms with van der Waals surface area (Å²) < 4.78 is 51.1. The second-order valence-electron chi connectivity index (χ2n) is 8.18. The van der Waals surface area contributed by atoms with Gasteiger partial charge in [-0.2, -0.15) is 0 Å². The van der Waals surface area contributed by atoms with Gasteiger partial charge in [-0.25, -0.2) is 26.5 Å². The molecule has 2 aliphatic rings. The smallest absolute Gasteiger partial charge is 0.253 e. The third-order valence-corrected chi connectivity index (χ3v) is 9.77. The molecule has 2 saturated heterocycles. The normalized spacial score (nSPS) is 21.7. The van der Waals surface area contributed by atoms with E-state index in [1.54, 1.807) is 22.3 Å². The van der Waals surface area contributed by atoms with Gasteiger partial charge in [0.1, 0.15) is 0 Å². The van der Waals surface area contributed by atoms with Crippen LogP contribution < -0.4 is 4.72 Å². The summed E-state index contributed by atoms with van der Waals surface area (Å²) in [6.45, 7) is 5.27. The number of sulfone groups is 1. The van der Waals surface area contributed by atoms with Crippen molar-refractivity contribution in [2.75, 3.05) is 37.7 Å². The highest BCUT2D eigenvalue weighted by Gasteiger charge is 2.32. The minimum absolute atomic E-state index is 0.0211. The number of nitrogens with zero attached hydrogens (tertiary/aromatic N) is 3. The van der Waals surface area contributed by atoms with Crippen molar-refractivity contribution < 1.29 is 21.6 Å². The number of sulfonamides is 1. The summed E-state index contributed by atoms with van der Waals surface area (Å²) in [6.07, 6.45) is 0.255. The predicted octanol–water partition coefficient (Wildman–Crippen LogP) is 0.875. The Balaban J connectivity index is 1.38. The van der Waals surface area contributed by atoms with Crippen LogP contribution in [0.2, 0.25) is 0 Å². The second kappa shape index (κ2) is 9.18. The van der Waals surface area contributed by atoms with Crippen LogP contribution in [0.4, 0.5) is 0 Å². The van der Waals surface area contributed by atoms with Crippen LogP contribution >= 0.6 is 11.3 Å². The number of aryl methyl sites for hydroxylation is 1. The molecule has 0 unspecified atom stereocenters. The molecule has 2 fully saturated rings. The molecule has 2 aromatic rings. The van der Waals surface area contributed by atoms with Gasteiger partial charge in [0.05, 0.1) is 27.1 Å². The summed E-state index contributed by atoms with van der Waals surface area (Å²) in [6, 6.07) is 5.27. The Morgan fingerprint density at radius 2 is 2.00 bits per heavy atom. The van der Waals surface area contributed by atoms with Crippen molar-refractivity contribution in [1.82, 2.24) is 19.5 Å². The molecule has 0 radical (unpaired) electrons. The first kappa shape index (κ1) is 23.3. The first-order chi connectivity index (χ1) is 15.1. The van der Waals surface area contributed by atoms with Crippen molar-refractivity contribution in [3.63, 3.8) is 0 Å². The number of amides is 1. The molecule has 0 saturated carbocycles. The highest BCUT2D eigenvalue weighted by Crippen LogP contribution is 2.19. The molecule has 3 heterocycles. The second-order valence-corrected chi connectivity index (χ2v) is 13.2. The summed E-state index contributed by atoms with van der Waals surface area (Å²) >= 11 is 1.62. The molecule has 4 rings (SSSR count). The van der Waals surface area contributed by atoms with E-state index in [9.17, 15) is 21.6 Å². The van der Waals surface area contributed by atoms with E-state index in [0.29, 0.717) is 18.7 Å². The molecule has 1 aromatic heterocycles. The van der Waals surface area contributed by atoms with Gasteiger partial charge in [0, 0.05) is 49.7 Å². The molecule has 0 aliphatic carbocycles. The van der Waals surface area contributed by atoms with Gasteiger partial charge in [0.2, 0.25) is 10.0 Å². The van der Waals surface area contributed by atoms with Crippen molar-refractivity contribution in [3.8, 4) is 0 Å². The van der Waals surface area contributed by atoms with Gasteiger partial charge < -0.3 is 4.90 Å². The average Bonchev–Trinajstić information content (AvgIpc) is 3.31. The molecule has 1 aromatic carbocycles. The van der Waals surface area contributed by atoms with E-state index in [0.717, 1.165) is 30.3 Å². The topological polar surface area (TPSA) is 117 Å². The number of hydrogen-bond acceptors (Lipinski definition) is 8. The summed E-state index contributed by atoms with van der Waals surface area (Å²) in [7, 11) is -7.13. The van der Waals surface area contributed by atoms with Crippen LogP contribution in [0.5, 0.6) is 0 Å². The lowest BCUT2D eigenvalue weighted by molar-refractivity contribution is 0.0627. The van der Waals surface area contributed by atoms with Crippen molar-refractivity contribution >= 4 is 37.1 Å². The van der Waals surface area contributed by atoms with Crippen molar-refractivity contribution in [3.05, 3.63) is 45.9 Å². The number of thiazole rings is 1. The number of piperazine rings is 1. The van der Waals surface area contributed by atoms with E-state index < -0.39 is 25.9 Å². The average molecular weight is 499 g/mol. The van der Waals surface area contributed by atoms with Crippen LogP contribution in [0, 0.1) is 6.92 Å². The van der Waals surface area contributed by atoms with E-state index in [1.165, 1.54) is 18.2 Å². The van der Waals surface area contributed by atoms with Crippen molar-refractivity contribution in [2.45, 2.75) is 30.8 Å². The van der Waals surface area contributed by atoms with Gasteiger partial charge in [-0.3, -0.25) is 9.69 Å². The summed E-state index contributed by atoms with van der Waals surface area (Å²) in [5, 5.41) is 3.08. The molecule has 9 nitrogen and oxygen atoms in total. The molecule has 1 N–H and O–H groups in total. The molecule has 12 heteroatoms. The maximum absolute atomic E-state index is 13.0. The Morgan fingerprint density at radius 1 is 1.25 bits per heavy atom. The number of benzene rings is 1. The fourth-order valence-corrected chi connectivity index (χ4v) is 7.67. The third kappa shape index (κ3) is 5.54. The zero-order chi connectivity index (χ0) is 22.9. The molecule has 174 valence electrons. The fourth-order valence-electron chi connectivity index (χ4n) is 3.97. The van der Waals surface area contributed by atoms with Gasteiger partial charge in [0.15, 0.2) is 9.84 Å². The Kier molecular flexibility index (Phi) is 6.68. The molecule has 2 aliphatic heterocycles. The lowest BCUT2D eigenvalue weighted by Crippen LogP contribution is -2.48. The van der Waals surface area contributed by atoms with Crippen LogP contribution in [-0.2, 0) is 26.4 Å².